The van der Waals surface area contributed by atoms with Crippen LogP contribution in [-0.4, -0.2) is 18.1 Å². The minimum absolute atomic E-state index is 0.0898. The number of carbonyl (C=O) groups is 1. The van der Waals surface area contributed by atoms with Crippen molar-refractivity contribution < 1.29 is 14.6 Å². The van der Waals surface area contributed by atoms with E-state index in [4.69, 9.17) is 4.74 Å². The Morgan fingerprint density at radius 3 is 2.57 bits per heavy atom. The van der Waals surface area contributed by atoms with E-state index in [1.807, 2.05) is 24.3 Å². The molecule has 0 saturated carbocycles. The highest BCUT2D eigenvalue weighted by Crippen LogP contribution is 2.17. The van der Waals surface area contributed by atoms with Crippen LogP contribution in [0.25, 0.3) is 0 Å². The summed E-state index contributed by atoms with van der Waals surface area (Å²) in [5.74, 6) is 0.648. The van der Waals surface area contributed by atoms with Crippen molar-refractivity contribution in [3.05, 3.63) is 59.7 Å². The molecule has 0 heterocycles. The molecule has 1 amide bonds. The Labute approximate surface area is 124 Å². The Hall–Kier alpha value is -2.33. The molecule has 0 saturated heterocycles. The van der Waals surface area contributed by atoms with E-state index in [9.17, 15) is 9.90 Å². The van der Waals surface area contributed by atoms with Gasteiger partial charge in [-0.05, 0) is 42.3 Å². The van der Waals surface area contributed by atoms with Gasteiger partial charge in [-0.1, -0.05) is 24.3 Å². The van der Waals surface area contributed by atoms with Gasteiger partial charge in [0.2, 0.25) is 5.91 Å². The third kappa shape index (κ3) is 4.33. The number of nitrogens with one attached hydrogen (secondary N) is 1. The first-order chi connectivity index (χ1) is 10.1. The first kappa shape index (κ1) is 15.1. The fourth-order valence-electron chi connectivity index (χ4n) is 2.02. The van der Waals surface area contributed by atoms with Gasteiger partial charge in [0.15, 0.2) is 0 Å². The normalized spacial score (nSPS) is 11.8. The molecular weight excluding hydrogens is 266 g/mol. The summed E-state index contributed by atoms with van der Waals surface area (Å²) >= 11 is 0. The molecule has 21 heavy (non-hydrogen) atoms. The highest BCUT2D eigenvalue weighted by molar-refractivity contribution is 5.92. The summed E-state index contributed by atoms with van der Waals surface area (Å²) in [6.07, 6.45) is -0.221. The van der Waals surface area contributed by atoms with Crippen LogP contribution in [0.2, 0.25) is 0 Å². The SMILES string of the molecule is COc1cccc(CC(=O)Nc2ccc(C(C)O)cc2)c1. The van der Waals surface area contributed by atoms with Gasteiger partial charge in [0, 0.05) is 5.69 Å². The van der Waals surface area contributed by atoms with E-state index in [0.717, 1.165) is 16.9 Å². The lowest BCUT2D eigenvalue weighted by Crippen LogP contribution is -2.14. The Kier molecular flexibility index (Phi) is 4.95. The number of aliphatic hydroxyl groups excluding tert-OH is 1. The second-order valence-electron chi connectivity index (χ2n) is 4.87. The van der Waals surface area contributed by atoms with Crippen molar-refractivity contribution in [1.29, 1.82) is 0 Å². The van der Waals surface area contributed by atoms with Crippen LogP contribution in [-0.2, 0) is 11.2 Å². The molecule has 2 N–H and O–H groups in total. The molecule has 4 heteroatoms. The zero-order valence-electron chi connectivity index (χ0n) is 12.2. The second-order valence-corrected chi connectivity index (χ2v) is 4.87. The molecule has 0 radical (unpaired) electrons. The van der Waals surface area contributed by atoms with Crippen LogP contribution in [0.3, 0.4) is 0 Å². The molecule has 0 aromatic heterocycles. The number of rotatable bonds is 5. The fraction of sp³-hybridized carbons (Fsp3) is 0.235. The number of benzene rings is 2. The van der Waals surface area contributed by atoms with Crippen molar-refractivity contribution in [2.45, 2.75) is 19.4 Å². The third-order valence-electron chi connectivity index (χ3n) is 3.18. The summed E-state index contributed by atoms with van der Waals surface area (Å²) in [6, 6.07) is 14.6. The van der Waals surface area contributed by atoms with Crippen molar-refractivity contribution in [3.63, 3.8) is 0 Å². The molecule has 0 spiro atoms. The number of ether oxygens (including phenoxy) is 1. The van der Waals surface area contributed by atoms with Gasteiger partial charge in [-0.3, -0.25) is 4.79 Å². The average molecular weight is 285 g/mol. The summed E-state index contributed by atoms with van der Waals surface area (Å²) in [6.45, 7) is 1.70. The molecule has 4 nitrogen and oxygen atoms in total. The Morgan fingerprint density at radius 2 is 1.95 bits per heavy atom. The number of hydrogen-bond acceptors (Lipinski definition) is 3. The summed E-state index contributed by atoms with van der Waals surface area (Å²) in [4.78, 5) is 12.0. The van der Waals surface area contributed by atoms with Gasteiger partial charge in [-0.25, -0.2) is 0 Å². The monoisotopic (exact) mass is 285 g/mol. The van der Waals surface area contributed by atoms with E-state index < -0.39 is 6.10 Å². The van der Waals surface area contributed by atoms with Crippen LogP contribution in [0.15, 0.2) is 48.5 Å². The zero-order chi connectivity index (χ0) is 15.2. The number of carbonyl (C=O) groups excluding carboxylic acids is 1. The van der Waals surface area contributed by atoms with Crippen LogP contribution in [0.1, 0.15) is 24.2 Å². The quantitative estimate of drug-likeness (QED) is 0.888. The van der Waals surface area contributed by atoms with Crippen molar-refractivity contribution in [1.82, 2.24) is 0 Å². The maximum atomic E-state index is 12.0. The predicted molar refractivity (Wildman–Crippen MR) is 82.4 cm³/mol. The second kappa shape index (κ2) is 6.90. The summed E-state index contributed by atoms with van der Waals surface area (Å²) in [5.41, 5.74) is 2.43. The van der Waals surface area contributed by atoms with Crippen molar-refractivity contribution >= 4 is 11.6 Å². The van der Waals surface area contributed by atoms with Gasteiger partial charge >= 0.3 is 0 Å². The fourth-order valence-corrected chi connectivity index (χ4v) is 2.02. The number of amides is 1. The Balaban J connectivity index is 1.97. The average Bonchev–Trinajstić information content (AvgIpc) is 2.47. The van der Waals surface area contributed by atoms with Gasteiger partial charge in [-0.2, -0.15) is 0 Å². The van der Waals surface area contributed by atoms with E-state index >= 15 is 0 Å². The first-order valence-electron chi connectivity index (χ1n) is 6.79. The van der Waals surface area contributed by atoms with Crippen LogP contribution in [0, 0.1) is 0 Å². The lowest BCUT2D eigenvalue weighted by Gasteiger charge is -2.08. The summed E-state index contributed by atoms with van der Waals surface area (Å²) < 4.78 is 5.13. The van der Waals surface area contributed by atoms with Crippen molar-refractivity contribution in [2.75, 3.05) is 12.4 Å². The lowest BCUT2D eigenvalue weighted by atomic mass is 10.1. The van der Waals surface area contributed by atoms with E-state index in [-0.39, 0.29) is 12.3 Å². The highest BCUT2D eigenvalue weighted by atomic mass is 16.5. The molecule has 0 aliphatic rings. The lowest BCUT2D eigenvalue weighted by molar-refractivity contribution is -0.115. The molecule has 0 aliphatic heterocycles. The van der Waals surface area contributed by atoms with Crippen LogP contribution in [0.4, 0.5) is 5.69 Å². The molecule has 2 aromatic carbocycles. The summed E-state index contributed by atoms with van der Waals surface area (Å²) in [5, 5.41) is 12.3. The van der Waals surface area contributed by atoms with Gasteiger partial charge < -0.3 is 15.2 Å². The highest BCUT2D eigenvalue weighted by Gasteiger charge is 2.06. The molecule has 110 valence electrons. The minimum Gasteiger partial charge on any atom is -0.497 e. The molecular formula is C17H19NO3. The molecule has 2 rings (SSSR count). The van der Waals surface area contributed by atoms with Gasteiger partial charge in [0.05, 0.1) is 19.6 Å². The summed E-state index contributed by atoms with van der Waals surface area (Å²) in [7, 11) is 1.60. The maximum absolute atomic E-state index is 12.0. The number of aliphatic hydroxyl groups is 1. The van der Waals surface area contributed by atoms with E-state index in [1.165, 1.54) is 0 Å². The van der Waals surface area contributed by atoms with Crippen molar-refractivity contribution in [2.24, 2.45) is 0 Å². The van der Waals surface area contributed by atoms with Crippen LogP contribution < -0.4 is 10.1 Å². The van der Waals surface area contributed by atoms with Gasteiger partial charge in [-0.15, -0.1) is 0 Å². The standard InChI is InChI=1S/C17H19NO3/c1-12(19)14-6-8-15(9-7-14)18-17(20)11-13-4-3-5-16(10-13)21-2/h3-10,12,19H,11H2,1-2H3,(H,18,20). The third-order valence-corrected chi connectivity index (χ3v) is 3.18. The van der Waals surface area contributed by atoms with Gasteiger partial charge in [0.25, 0.3) is 0 Å². The molecule has 0 fully saturated rings. The molecule has 0 bridgehead atoms. The number of anilines is 1. The van der Waals surface area contributed by atoms with Gasteiger partial charge in [0.1, 0.15) is 5.75 Å². The number of hydrogen-bond donors (Lipinski definition) is 2. The number of methoxy groups -OCH3 is 1. The molecule has 1 atom stereocenters. The van der Waals surface area contributed by atoms with Crippen molar-refractivity contribution in [3.8, 4) is 5.75 Å². The van der Waals surface area contributed by atoms with E-state index in [2.05, 4.69) is 5.32 Å². The Bertz CT molecular complexity index is 606. The maximum Gasteiger partial charge on any atom is 0.228 e. The first-order valence-corrected chi connectivity index (χ1v) is 6.79. The van der Waals surface area contributed by atoms with E-state index in [0.29, 0.717) is 5.69 Å². The predicted octanol–water partition coefficient (Wildman–Crippen LogP) is 2.93. The topological polar surface area (TPSA) is 58.6 Å². The Morgan fingerprint density at radius 1 is 1.24 bits per heavy atom. The smallest absolute Gasteiger partial charge is 0.228 e. The minimum atomic E-state index is -0.508. The molecule has 0 aliphatic carbocycles. The zero-order valence-corrected chi connectivity index (χ0v) is 12.2. The molecule has 2 aromatic rings. The van der Waals surface area contributed by atoms with Crippen LogP contribution in [0.5, 0.6) is 5.75 Å². The van der Waals surface area contributed by atoms with Crippen LogP contribution >= 0.6 is 0 Å². The van der Waals surface area contributed by atoms with E-state index in [1.54, 1.807) is 38.3 Å². The molecule has 1 unspecified atom stereocenters. The largest absolute Gasteiger partial charge is 0.497 e.